The van der Waals surface area contributed by atoms with Gasteiger partial charge in [0.05, 0.1) is 18.2 Å². The molecule has 0 saturated carbocycles. The molecule has 1 amide bonds. The van der Waals surface area contributed by atoms with Crippen LogP contribution in [0.1, 0.15) is 40.9 Å². The van der Waals surface area contributed by atoms with Gasteiger partial charge in [0, 0.05) is 11.1 Å². The van der Waals surface area contributed by atoms with Gasteiger partial charge >= 0.3 is 11.9 Å². The van der Waals surface area contributed by atoms with Gasteiger partial charge in [-0.2, -0.15) is 0 Å². The molecule has 142 valence electrons. The van der Waals surface area contributed by atoms with Crippen LogP contribution >= 0.6 is 0 Å². The molecule has 1 aromatic heterocycles. The number of carbonyl (C=O) groups excluding carboxylic acids is 3. The van der Waals surface area contributed by atoms with Crippen LogP contribution in [0.25, 0.3) is 10.9 Å². The fourth-order valence-corrected chi connectivity index (χ4v) is 3.28. The first kappa shape index (κ1) is 18.8. The fraction of sp³-hybridized carbons (Fsp3) is 0.400. The van der Waals surface area contributed by atoms with Gasteiger partial charge in [-0.15, -0.1) is 0 Å². The number of aryl methyl sites for hydroxylation is 1. The highest BCUT2D eigenvalue weighted by molar-refractivity contribution is 6.05. The number of aromatic nitrogens is 1. The standard InChI is InChI=1S/C20H22N2O5/c1-26-18(24)11-21-17(23)12-27-20(25)19-13-7-3-2-4-9-15(13)22-16-10-6-5-8-14(16)19/h5-6,8,10H,2-4,7,9,11-12H2,1H3,(H,21,23). The third-order valence-electron chi connectivity index (χ3n) is 4.62. The summed E-state index contributed by atoms with van der Waals surface area (Å²) in [5, 5.41) is 3.08. The summed E-state index contributed by atoms with van der Waals surface area (Å²) >= 11 is 0. The van der Waals surface area contributed by atoms with Crippen LogP contribution in [-0.4, -0.2) is 43.1 Å². The average molecular weight is 370 g/mol. The van der Waals surface area contributed by atoms with Crippen LogP contribution in [0.4, 0.5) is 0 Å². The maximum atomic E-state index is 12.8. The highest BCUT2D eigenvalue weighted by Gasteiger charge is 2.23. The van der Waals surface area contributed by atoms with Gasteiger partial charge in [-0.1, -0.05) is 24.6 Å². The number of pyridine rings is 1. The van der Waals surface area contributed by atoms with Gasteiger partial charge in [-0.25, -0.2) is 4.79 Å². The average Bonchev–Trinajstić information content (AvgIpc) is 2.93. The summed E-state index contributed by atoms with van der Waals surface area (Å²) in [5.74, 6) is -1.67. The fourth-order valence-electron chi connectivity index (χ4n) is 3.28. The minimum absolute atomic E-state index is 0.263. The van der Waals surface area contributed by atoms with Crippen LogP contribution in [0, 0.1) is 0 Å². The molecule has 0 saturated heterocycles. The van der Waals surface area contributed by atoms with Gasteiger partial charge < -0.3 is 14.8 Å². The molecule has 0 fully saturated rings. The summed E-state index contributed by atoms with van der Waals surface area (Å²) in [6.07, 6.45) is 4.74. The second kappa shape index (κ2) is 8.62. The van der Waals surface area contributed by atoms with Crippen molar-refractivity contribution >= 4 is 28.7 Å². The van der Waals surface area contributed by atoms with Gasteiger partial charge in [0.25, 0.3) is 5.91 Å². The van der Waals surface area contributed by atoms with Crippen molar-refractivity contribution in [2.24, 2.45) is 0 Å². The van der Waals surface area contributed by atoms with Crippen LogP contribution in [0.15, 0.2) is 24.3 Å². The summed E-state index contributed by atoms with van der Waals surface area (Å²) in [5.41, 5.74) is 3.11. The largest absolute Gasteiger partial charge is 0.468 e. The quantitative estimate of drug-likeness (QED) is 0.639. The van der Waals surface area contributed by atoms with E-state index in [9.17, 15) is 14.4 Å². The van der Waals surface area contributed by atoms with E-state index in [0.717, 1.165) is 54.3 Å². The van der Waals surface area contributed by atoms with Crippen molar-refractivity contribution in [1.82, 2.24) is 10.3 Å². The van der Waals surface area contributed by atoms with Crippen molar-refractivity contribution in [3.63, 3.8) is 0 Å². The molecule has 1 aliphatic carbocycles. The number of benzene rings is 1. The van der Waals surface area contributed by atoms with E-state index in [-0.39, 0.29) is 6.54 Å². The van der Waals surface area contributed by atoms with E-state index in [1.54, 1.807) is 0 Å². The highest BCUT2D eigenvalue weighted by Crippen LogP contribution is 2.29. The summed E-state index contributed by atoms with van der Waals surface area (Å²) < 4.78 is 9.69. The number of nitrogens with zero attached hydrogens (tertiary/aromatic N) is 1. The normalized spacial score (nSPS) is 13.4. The Balaban J connectivity index is 1.82. The predicted octanol–water partition coefficient (Wildman–Crippen LogP) is 1.95. The molecule has 0 aliphatic heterocycles. The van der Waals surface area contributed by atoms with E-state index in [4.69, 9.17) is 9.72 Å². The zero-order valence-corrected chi connectivity index (χ0v) is 15.2. The van der Waals surface area contributed by atoms with Gasteiger partial charge in [-0.05, 0) is 37.3 Å². The Morgan fingerprint density at radius 2 is 1.89 bits per heavy atom. The summed E-state index contributed by atoms with van der Waals surface area (Å²) in [4.78, 5) is 40.4. The Morgan fingerprint density at radius 3 is 2.70 bits per heavy atom. The number of methoxy groups -OCH3 is 1. The van der Waals surface area contributed by atoms with E-state index in [1.165, 1.54) is 7.11 Å². The number of nitrogens with one attached hydrogen (secondary N) is 1. The lowest BCUT2D eigenvalue weighted by Gasteiger charge is -2.14. The molecule has 7 heteroatoms. The van der Waals surface area contributed by atoms with Gasteiger partial charge in [0.15, 0.2) is 6.61 Å². The van der Waals surface area contributed by atoms with Crippen LogP contribution in [-0.2, 0) is 31.9 Å². The van der Waals surface area contributed by atoms with Crippen LogP contribution < -0.4 is 5.32 Å². The zero-order chi connectivity index (χ0) is 19.2. The molecule has 3 rings (SSSR count). The third-order valence-corrected chi connectivity index (χ3v) is 4.62. The zero-order valence-electron chi connectivity index (χ0n) is 15.2. The van der Waals surface area contributed by atoms with Gasteiger partial charge in [-0.3, -0.25) is 14.6 Å². The van der Waals surface area contributed by atoms with Crippen molar-refractivity contribution < 1.29 is 23.9 Å². The molecule has 1 aromatic carbocycles. The first-order chi connectivity index (χ1) is 13.1. The Bertz CT molecular complexity index is 878. The molecule has 1 N–H and O–H groups in total. The highest BCUT2D eigenvalue weighted by atomic mass is 16.5. The molecule has 7 nitrogen and oxygen atoms in total. The van der Waals surface area contributed by atoms with Gasteiger partial charge in [0.2, 0.25) is 0 Å². The number of amides is 1. The molecule has 0 unspecified atom stereocenters. The second-order valence-corrected chi connectivity index (χ2v) is 6.42. The summed E-state index contributed by atoms with van der Waals surface area (Å²) in [6, 6.07) is 7.46. The van der Waals surface area contributed by atoms with E-state index >= 15 is 0 Å². The molecule has 1 heterocycles. The molecular weight excluding hydrogens is 348 g/mol. The number of fused-ring (bicyclic) bond motifs is 2. The predicted molar refractivity (Wildman–Crippen MR) is 98.3 cm³/mol. The SMILES string of the molecule is COC(=O)CNC(=O)COC(=O)c1c2c(nc3ccccc13)CCCCC2. The third kappa shape index (κ3) is 4.42. The van der Waals surface area contributed by atoms with Crippen molar-refractivity contribution in [3.8, 4) is 0 Å². The topological polar surface area (TPSA) is 94.6 Å². The second-order valence-electron chi connectivity index (χ2n) is 6.42. The monoisotopic (exact) mass is 370 g/mol. The summed E-state index contributed by atoms with van der Waals surface area (Å²) in [7, 11) is 1.23. The first-order valence-electron chi connectivity index (χ1n) is 9.01. The summed E-state index contributed by atoms with van der Waals surface area (Å²) in [6.45, 7) is -0.721. The van der Waals surface area contributed by atoms with Gasteiger partial charge in [0.1, 0.15) is 6.54 Å². The van der Waals surface area contributed by atoms with E-state index in [2.05, 4.69) is 10.1 Å². The number of ether oxygens (including phenoxy) is 2. The molecule has 27 heavy (non-hydrogen) atoms. The maximum absolute atomic E-state index is 12.8. The molecule has 0 radical (unpaired) electrons. The molecular formula is C20H22N2O5. The number of esters is 2. The van der Waals surface area contributed by atoms with Crippen molar-refractivity contribution in [1.29, 1.82) is 0 Å². The minimum atomic E-state index is -0.569. The molecule has 0 spiro atoms. The van der Waals surface area contributed by atoms with E-state index in [1.807, 2.05) is 24.3 Å². The van der Waals surface area contributed by atoms with E-state index in [0.29, 0.717) is 5.56 Å². The first-order valence-corrected chi connectivity index (χ1v) is 9.01. The minimum Gasteiger partial charge on any atom is -0.468 e. The lowest BCUT2D eigenvalue weighted by atomic mass is 9.97. The van der Waals surface area contributed by atoms with Crippen molar-refractivity contribution in [2.75, 3.05) is 20.3 Å². The smallest absolute Gasteiger partial charge is 0.339 e. The molecule has 2 aromatic rings. The Kier molecular flexibility index (Phi) is 6.01. The lowest BCUT2D eigenvalue weighted by molar-refractivity contribution is -0.141. The maximum Gasteiger partial charge on any atom is 0.339 e. The van der Waals surface area contributed by atoms with Crippen molar-refractivity contribution in [3.05, 3.63) is 41.1 Å². The van der Waals surface area contributed by atoms with Crippen LogP contribution in [0.5, 0.6) is 0 Å². The number of para-hydroxylation sites is 1. The Labute approximate surface area is 157 Å². The van der Waals surface area contributed by atoms with Crippen molar-refractivity contribution in [2.45, 2.75) is 32.1 Å². The Morgan fingerprint density at radius 1 is 1.11 bits per heavy atom. The number of carbonyl (C=O) groups is 3. The number of rotatable bonds is 5. The van der Waals surface area contributed by atoms with Crippen LogP contribution in [0.2, 0.25) is 0 Å². The Hall–Kier alpha value is -2.96. The molecule has 1 aliphatic rings. The molecule has 0 atom stereocenters. The number of hydrogen-bond acceptors (Lipinski definition) is 6. The van der Waals surface area contributed by atoms with Crippen LogP contribution in [0.3, 0.4) is 0 Å². The number of hydrogen-bond donors (Lipinski definition) is 1. The van der Waals surface area contributed by atoms with E-state index < -0.39 is 24.5 Å². The molecule has 0 bridgehead atoms. The lowest BCUT2D eigenvalue weighted by Crippen LogP contribution is -2.33.